The molecular formula is C16H18BrN3O2. The Hall–Kier alpha value is -1.92. The number of aryl methyl sites for hydroxylation is 1. The minimum atomic E-state index is -0.188. The Morgan fingerprint density at radius 2 is 2.14 bits per heavy atom. The van der Waals surface area contributed by atoms with Gasteiger partial charge in [0, 0.05) is 30.0 Å². The number of hydrogen-bond acceptors (Lipinski definition) is 4. The summed E-state index contributed by atoms with van der Waals surface area (Å²) in [5, 5.41) is 5.95. The molecule has 1 amide bonds. The fourth-order valence-electron chi connectivity index (χ4n) is 1.79. The highest BCUT2D eigenvalue weighted by Crippen LogP contribution is 2.21. The molecule has 0 atom stereocenters. The van der Waals surface area contributed by atoms with Gasteiger partial charge in [-0.25, -0.2) is 4.98 Å². The molecule has 1 aromatic carbocycles. The van der Waals surface area contributed by atoms with Gasteiger partial charge in [-0.1, -0.05) is 22.0 Å². The van der Waals surface area contributed by atoms with Crippen molar-refractivity contribution in [1.29, 1.82) is 0 Å². The fourth-order valence-corrected chi connectivity index (χ4v) is 2.17. The maximum absolute atomic E-state index is 12.2. The lowest BCUT2D eigenvalue weighted by molar-refractivity contribution is 0.102. The molecule has 22 heavy (non-hydrogen) atoms. The standard InChI is InChI=1S/C16H18BrN3O2/c1-11-3-5-13(9-14(11)17)20-16(21)12-4-6-15(19-10-12)18-7-8-22-2/h3-6,9-10H,7-8H2,1-2H3,(H,18,19)(H,20,21). The van der Waals surface area contributed by atoms with Crippen LogP contribution in [-0.2, 0) is 4.74 Å². The molecule has 1 heterocycles. The largest absolute Gasteiger partial charge is 0.383 e. The second-order valence-electron chi connectivity index (χ2n) is 4.77. The molecule has 1 aromatic heterocycles. The first-order valence-corrected chi connectivity index (χ1v) is 7.66. The van der Waals surface area contributed by atoms with Gasteiger partial charge in [-0.2, -0.15) is 0 Å². The van der Waals surface area contributed by atoms with Crippen LogP contribution in [0.15, 0.2) is 41.0 Å². The Bertz CT molecular complexity index is 644. The first kappa shape index (κ1) is 16.5. The summed E-state index contributed by atoms with van der Waals surface area (Å²) >= 11 is 3.45. The van der Waals surface area contributed by atoms with E-state index in [1.54, 1.807) is 25.4 Å². The molecule has 0 bridgehead atoms. The number of rotatable bonds is 6. The summed E-state index contributed by atoms with van der Waals surface area (Å²) in [6, 6.07) is 9.20. The van der Waals surface area contributed by atoms with Crippen LogP contribution in [0.1, 0.15) is 15.9 Å². The molecule has 0 aliphatic heterocycles. The maximum atomic E-state index is 12.2. The van der Waals surface area contributed by atoms with Crippen LogP contribution < -0.4 is 10.6 Å². The predicted octanol–water partition coefficient (Wildman–Crippen LogP) is 3.46. The SMILES string of the molecule is COCCNc1ccc(C(=O)Nc2ccc(C)c(Br)c2)cn1. The quantitative estimate of drug-likeness (QED) is 0.771. The van der Waals surface area contributed by atoms with E-state index in [0.717, 1.165) is 15.7 Å². The normalized spacial score (nSPS) is 10.3. The van der Waals surface area contributed by atoms with Crippen LogP contribution in [0.5, 0.6) is 0 Å². The fraction of sp³-hybridized carbons (Fsp3) is 0.250. The van der Waals surface area contributed by atoms with Crippen molar-refractivity contribution in [1.82, 2.24) is 4.98 Å². The minimum absolute atomic E-state index is 0.188. The average Bonchev–Trinajstić information content (AvgIpc) is 2.52. The summed E-state index contributed by atoms with van der Waals surface area (Å²) in [5.41, 5.74) is 2.37. The second-order valence-corrected chi connectivity index (χ2v) is 5.62. The van der Waals surface area contributed by atoms with Crippen LogP contribution in [0.2, 0.25) is 0 Å². The zero-order valence-electron chi connectivity index (χ0n) is 12.5. The molecule has 0 saturated heterocycles. The monoisotopic (exact) mass is 363 g/mol. The molecule has 0 unspecified atom stereocenters. The topological polar surface area (TPSA) is 63.2 Å². The molecule has 0 aliphatic carbocycles. The van der Waals surface area contributed by atoms with Gasteiger partial charge in [0.25, 0.3) is 5.91 Å². The second kappa shape index (κ2) is 7.91. The van der Waals surface area contributed by atoms with Crippen molar-refractivity contribution in [2.24, 2.45) is 0 Å². The Balaban J connectivity index is 1.98. The lowest BCUT2D eigenvalue weighted by Gasteiger charge is -2.08. The van der Waals surface area contributed by atoms with E-state index in [4.69, 9.17) is 4.74 Å². The molecule has 0 saturated carbocycles. The average molecular weight is 364 g/mol. The Labute approximate surface area is 138 Å². The first-order valence-electron chi connectivity index (χ1n) is 6.86. The van der Waals surface area contributed by atoms with Gasteiger partial charge < -0.3 is 15.4 Å². The van der Waals surface area contributed by atoms with Crippen LogP contribution >= 0.6 is 15.9 Å². The summed E-state index contributed by atoms with van der Waals surface area (Å²) in [4.78, 5) is 16.4. The van der Waals surface area contributed by atoms with E-state index in [9.17, 15) is 4.79 Å². The number of carbonyl (C=O) groups excluding carboxylic acids is 1. The highest BCUT2D eigenvalue weighted by molar-refractivity contribution is 9.10. The van der Waals surface area contributed by atoms with Gasteiger partial charge in [-0.3, -0.25) is 4.79 Å². The van der Waals surface area contributed by atoms with Crippen molar-refractivity contribution in [2.75, 3.05) is 30.9 Å². The Morgan fingerprint density at radius 1 is 1.32 bits per heavy atom. The number of ether oxygens (including phenoxy) is 1. The van der Waals surface area contributed by atoms with Crippen LogP contribution in [0.25, 0.3) is 0 Å². The lowest BCUT2D eigenvalue weighted by Crippen LogP contribution is -2.13. The molecule has 116 valence electrons. The van der Waals surface area contributed by atoms with Crippen LogP contribution in [-0.4, -0.2) is 31.2 Å². The number of nitrogens with zero attached hydrogens (tertiary/aromatic N) is 1. The van der Waals surface area contributed by atoms with E-state index >= 15 is 0 Å². The number of benzene rings is 1. The number of nitrogens with one attached hydrogen (secondary N) is 2. The van der Waals surface area contributed by atoms with Crippen molar-refractivity contribution in [2.45, 2.75) is 6.92 Å². The number of methoxy groups -OCH3 is 1. The molecule has 5 nitrogen and oxygen atoms in total. The number of anilines is 2. The molecule has 2 N–H and O–H groups in total. The van der Waals surface area contributed by atoms with E-state index < -0.39 is 0 Å². The van der Waals surface area contributed by atoms with Crippen LogP contribution in [0.4, 0.5) is 11.5 Å². The Morgan fingerprint density at radius 3 is 2.77 bits per heavy atom. The van der Waals surface area contributed by atoms with Gasteiger partial charge in [0.2, 0.25) is 0 Å². The van der Waals surface area contributed by atoms with Gasteiger partial charge in [0.1, 0.15) is 5.82 Å². The molecule has 6 heteroatoms. The number of aromatic nitrogens is 1. The third-order valence-electron chi connectivity index (χ3n) is 3.07. The van der Waals surface area contributed by atoms with Crippen LogP contribution in [0, 0.1) is 6.92 Å². The molecule has 0 aliphatic rings. The molecule has 0 radical (unpaired) electrons. The van der Waals surface area contributed by atoms with E-state index in [1.807, 2.05) is 25.1 Å². The van der Waals surface area contributed by atoms with Crippen molar-refractivity contribution in [3.63, 3.8) is 0 Å². The summed E-state index contributed by atoms with van der Waals surface area (Å²) in [5.74, 6) is 0.526. The summed E-state index contributed by atoms with van der Waals surface area (Å²) in [6.45, 7) is 3.27. The molecule has 0 fully saturated rings. The zero-order chi connectivity index (χ0) is 15.9. The number of hydrogen-bond donors (Lipinski definition) is 2. The van der Waals surface area contributed by atoms with Gasteiger partial charge in [0.05, 0.1) is 12.2 Å². The number of amides is 1. The van der Waals surface area contributed by atoms with E-state index in [0.29, 0.717) is 24.5 Å². The maximum Gasteiger partial charge on any atom is 0.257 e. The minimum Gasteiger partial charge on any atom is -0.383 e. The van der Waals surface area contributed by atoms with Crippen LogP contribution in [0.3, 0.4) is 0 Å². The number of halogens is 1. The van der Waals surface area contributed by atoms with Gasteiger partial charge >= 0.3 is 0 Å². The van der Waals surface area contributed by atoms with Crippen molar-refractivity contribution < 1.29 is 9.53 Å². The van der Waals surface area contributed by atoms with Gasteiger partial charge in [0.15, 0.2) is 0 Å². The van der Waals surface area contributed by atoms with E-state index in [-0.39, 0.29) is 5.91 Å². The van der Waals surface area contributed by atoms with Gasteiger partial charge in [-0.05, 0) is 36.8 Å². The third kappa shape index (κ3) is 4.54. The zero-order valence-corrected chi connectivity index (χ0v) is 14.1. The first-order chi connectivity index (χ1) is 10.6. The summed E-state index contributed by atoms with van der Waals surface area (Å²) in [6.07, 6.45) is 1.55. The van der Waals surface area contributed by atoms with E-state index in [1.165, 1.54) is 0 Å². The smallest absolute Gasteiger partial charge is 0.257 e. The van der Waals surface area contributed by atoms with Gasteiger partial charge in [-0.15, -0.1) is 0 Å². The molecular weight excluding hydrogens is 346 g/mol. The highest BCUT2D eigenvalue weighted by Gasteiger charge is 2.07. The number of pyridine rings is 1. The van der Waals surface area contributed by atoms with Crippen molar-refractivity contribution >= 4 is 33.3 Å². The Kier molecular flexibility index (Phi) is 5.91. The third-order valence-corrected chi connectivity index (χ3v) is 3.92. The molecule has 2 aromatic rings. The molecule has 2 rings (SSSR count). The predicted molar refractivity (Wildman–Crippen MR) is 91.4 cm³/mol. The van der Waals surface area contributed by atoms with Crippen molar-refractivity contribution in [3.8, 4) is 0 Å². The van der Waals surface area contributed by atoms with E-state index in [2.05, 4.69) is 31.5 Å². The van der Waals surface area contributed by atoms with Crippen molar-refractivity contribution in [3.05, 3.63) is 52.1 Å². The molecule has 0 spiro atoms. The summed E-state index contributed by atoms with van der Waals surface area (Å²) in [7, 11) is 1.64. The highest BCUT2D eigenvalue weighted by atomic mass is 79.9. The summed E-state index contributed by atoms with van der Waals surface area (Å²) < 4.78 is 5.91. The number of carbonyl (C=O) groups is 1. The lowest BCUT2D eigenvalue weighted by atomic mass is 10.2.